The monoisotopic (exact) mass is 332 g/mol. The highest BCUT2D eigenvalue weighted by Crippen LogP contribution is 2.49. The molecule has 1 unspecified atom stereocenters. The minimum Gasteiger partial charge on any atom is -0.372 e. The molecule has 0 aromatic rings. The van der Waals surface area contributed by atoms with Crippen LogP contribution in [-0.2, 0) is 4.74 Å². The van der Waals surface area contributed by atoms with Crippen molar-refractivity contribution in [2.75, 3.05) is 11.8 Å². The lowest BCUT2D eigenvalue weighted by Gasteiger charge is -2.39. The number of hydrogen-bond acceptors (Lipinski definition) is 1. The summed E-state index contributed by atoms with van der Waals surface area (Å²) in [5.74, 6) is 2.13. The summed E-state index contributed by atoms with van der Waals surface area (Å²) in [4.78, 5) is 0. The topological polar surface area (TPSA) is 9.23 Å². The molecule has 1 atom stereocenters. The van der Waals surface area contributed by atoms with Crippen LogP contribution in [0.15, 0.2) is 0 Å². The van der Waals surface area contributed by atoms with Crippen molar-refractivity contribution in [3.63, 3.8) is 0 Å². The molecule has 0 aromatic carbocycles. The van der Waals surface area contributed by atoms with E-state index in [9.17, 15) is 0 Å². The van der Waals surface area contributed by atoms with Gasteiger partial charge in [0.15, 0.2) is 0 Å². The second-order valence-electron chi connectivity index (χ2n) is 7.84. The summed E-state index contributed by atoms with van der Waals surface area (Å²) in [5, 5.41) is 0. The summed E-state index contributed by atoms with van der Waals surface area (Å²) in [5.41, 5.74) is 0.341. The van der Waals surface area contributed by atoms with Crippen LogP contribution < -0.4 is 0 Å². The highest BCUT2D eigenvalue weighted by atomic mass is 35.5. The van der Waals surface area contributed by atoms with Gasteiger partial charge in [-0.3, -0.25) is 0 Å². The molecule has 1 nitrogen and oxygen atoms in total. The molecule has 0 bridgehead atoms. The highest BCUT2D eigenvalue weighted by Gasteiger charge is 2.46. The molecule has 21 heavy (non-hydrogen) atoms. The van der Waals surface area contributed by atoms with Crippen LogP contribution in [0.2, 0.25) is 0 Å². The van der Waals surface area contributed by atoms with Crippen molar-refractivity contribution in [1.82, 2.24) is 0 Å². The van der Waals surface area contributed by atoms with Crippen LogP contribution in [0.4, 0.5) is 0 Å². The lowest BCUT2D eigenvalue weighted by molar-refractivity contribution is -0.0780. The van der Waals surface area contributed by atoms with E-state index >= 15 is 0 Å². The molecule has 0 amide bonds. The Kier molecular flexibility index (Phi) is 5.44. The summed E-state index contributed by atoms with van der Waals surface area (Å²) in [6, 6.07) is 0. The molecule has 122 valence electrons. The fourth-order valence-electron chi connectivity index (χ4n) is 5.12. The van der Waals surface area contributed by atoms with Gasteiger partial charge in [-0.1, -0.05) is 32.1 Å². The van der Waals surface area contributed by atoms with E-state index in [0.717, 1.165) is 12.3 Å². The molecule has 3 aliphatic rings. The molecule has 1 aliphatic heterocycles. The molecule has 3 fully saturated rings. The van der Waals surface area contributed by atoms with Crippen molar-refractivity contribution in [3.8, 4) is 0 Å². The molecule has 1 heterocycles. The van der Waals surface area contributed by atoms with Crippen molar-refractivity contribution in [2.24, 2.45) is 11.3 Å². The first-order valence-corrected chi connectivity index (χ1v) is 10.1. The first-order chi connectivity index (χ1) is 10.2. The van der Waals surface area contributed by atoms with Crippen molar-refractivity contribution in [3.05, 3.63) is 0 Å². The predicted molar refractivity (Wildman–Crippen MR) is 90.4 cm³/mol. The van der Waals surface area contributed by atoms with E-state index in [-0.39, 0.29) is 11.0 Å². The number of rotatable bonds is 5. The van der Waals surface area contributed by atoms with E-state index in [1.54, 1.807) is 0 Å². The van der Waals surface area contributed by atoms with Crippen molar-refractivity contribution < 1.29 is 4.74 Å². The van der Waals surface area contributed by atoms with E-state index < -0.39 is 0 Å². The predicted octanol–water partition coefficient (Wildman–Crippen LogP) is 5.91. The summed E-state index contributed by atoms with van der Waals surface area (Å²) >= 11 is 12.8. The van der Waals surface area contributed by atoms with E-state index in [1.807, 2.05) is 0 Å². The molecule has 2 aliphatic carbocycles. The van der Waals surface area contributed by atoms with Gasteiger partial charge in [0.25, 0.3) is 0 Å². The number of alkyl halides is 2. The minimum absolute atomic E-state index is 0.116. The number of halogens is 2. The molecule has 1 spiro atoms. The Labute approximate surface area is 140 Å². The Morgan fingerprint density at radius 3 is 2.14 bits per heavy atom. The van der Waals surface area contributed by atoms with Crippen LogP contribution in [0.5, 0.6) is 0 Å². The Morgan fingerprint density at radius 2 is 1.52 bits per heavy atom. The van der Waals surface area contributed by atoms with Gasteiger partial charge in [0.05, 0.1) is 11.7 Å². The zero-order valence-corrected chi connectivity index (χ0v) is 14.7. The van der Waals surface area contributed by atoms with Gasteiger partial charge < -0.3 is 4.74 Å². The van der Waals surface area contributed by atoms with Gasteiger partial charge in [0, 0.05) is 17.2 Å². The minimum atomic E-state index is 0.116. The third kappa shape index (κ3) is 3.40. The SMILES string of the molecule is ClCC(CCl)(CC1CCC2(CCCCC2)O1)C1CCCC1. The summed E-state index contributed by atoms with van der Waals surface area (Å²) < 4.78 is 6.59. The fraction of sp³-hybridized carbons (Fsp3) is 1.00. The standard InChI is InChI=1S/C18H30Cl2O/c19-13-17(14-20,15-6-2-3-7-15)12-16-8-11-18(21-16)9-4-1-5-10-18/h15-16H,1-14H2. The molecule has 0 N–H and O–H groups in total. The average Bonchev–Trinajstić information content (AvgIpc) is 3.17. The van der Waals surface area contributed by atoms with Gasteiger partial charge in [0.1, 0.15) is 0 Å². The second-order valence-corrected chi connectivity index (χ2v) is 8.37. The maximum Gasteiger partial charge on any atom is 0.0687 e. The quantitative estimate of drug-likeness (QED) is 0.568. The van der Waals surface area contributed by atoms with E-state index in [4.69, 9.17) is 27.9 Å². The average molecular weight is 333 g/mol. The molecule has 3 heteroatoms. The first kappa shape index (κ1) is 16.4. The maximum absolute atomic E-state index is 6.59. The van der Waals surface area contributed by atoms with E-state index in [0.29, 0.717) is 17.9 Å². The van der Waals surface area contributed by atoms with Gasteiger partial charge >= 0.3 is 0 Å². The Balaban J connectivity index is 1.63. The van der Waals surface area contributed by atoms with E-state index in [2.05, 4.69) is 0 Å². The highest BCUT2D eigenvalue weighted by molar-refractivity contribution is 6.21. The molecule has 3 rings (SSSR count). The van der Waals surface area contributed by atoms with Crippen LogP contribution >= 0.6 is 23.2 Å². The Hall–Kier alpha value is 0.540. The summed E-state index contributed by atoms with van der Waals surface area (Å²) in [6.07, 6.45) is 16.0. The molecular weight excluding hydrogens is 303 g/mol. The fourth-order valence-corrected chi connectivity index (χ4v) is 6.06. The zero-order chi connectivity index (χ0) is 14.8. The normalized spacial score (nSPS) is 30.3. The lowest BCUT2D eigenvalue weighted by Crippen LogP contribution is -2.38. The second kappa shape index (κ2) is 6.97. The molecule has 0 radical (unpaired) electrons. The zero-order valence-electron chi connectivity index (χ0n) is 13.2. The van der Waals surface area contributed by atoms with Crippen LogP contribution in [-0.4, -0.2) is 23.5 Å². The van der Waals surface area contributed by atoms with Crippen molar-refractivity contribution in [2.45, 2.75) is 88.8 Å². The van der Waals surface area contributed by atoms with Gasteiger partial charge in [-0.2, -0.15) is 0 Å². The Bertz CT molecular complexity index is 328. The molecule has 1 saturated heterocycles. The van der Waals surface area contributed by atoms with Crippen molar-refractivity contribution in [1.29, 1.82) is 0 Å². The number of ether oxygens (including phenoxy) is 1. The summed E-state index contributed by atoms with van der Waals surface area (Å²) in [7, 11) is 0. The van der Waals surface area contributed by atoms with Crippen molar-refractivity contribution >= 4 is 23.2 Å². The van der Waals surface area contributed by atoms with E-state index in [1.165, 1.54) is 70.6 Å². The number of hydrogen-bond donors (Lipinski definition) is 0. The van der Waals surface area contributed by atoms with Gasteiger partial charge in [-0.25, -0.2) is 0 Å². The first-order valence-electron chi connectivity index (χ1n) is 9.02. The third-order valence-corrected chi connectivity index (χ3v) is 7.56. The van der Waals surface area contributed by atoms with Crippen LogP contribution in [0, 0.1) is 11.3 Å². The third-order valence-electron chi connectivity index (χ3n) is 6.49. The van der Waals surface area contributed by atoms with Crippen LogP contribution in [0.1, 0.15) is 77.0 Å². The lowest BCUT2D eigenvalue weighted by atomic mass is 9.73. The van der Waals surface area contributed by atoms with Crippen LogP contribution in [0.3, 0.4) is 0 Å². The van der Waals surface area contributed by atoms with Crippen LogP contribution in [0.25, 0.3) is 0 Å². The molecular formula is C18H30Cl2O. The van der Waals surface area contributed by atoms with Gasteiger partial charge in [0.2, 0.25) is 0 Å². The largest absolute Gasteiger partial charge is 0.372 e. The molecule has 2 saturated carbocycles. The summed E-state index contributed by atoms with van der Waals surface area (Å²) in [6.45, 7) is 0. The smallest absolute Gasteiger partial charge is 0.0687 e. The van der Waals surface area contributed by atoms with Gasteiger partial charge in [-0.05, 0) is 50.9 Å². The molecule has 0 aromatic heterocycles. The maximum atomic E-state index is 6.59. The Morgan fingerprint density at radius 1 is 0.857 bits per heavy atom. The van der Waals surface area contributed by atoms with Gasteiger partial charge in [-0.15, -0.1) is 23.2 Å².